The van der Waals surface area contributed by atoms with Crippen molar-refractivity contribution in [1.82, 2.24) is 0 Å². The summed E-state index contributed by atoms with van der Waals surface area (Å²) in [5.74, 6) is 1.02. The summed E-state index contributed by atoms with van der Waals surface area (Å²) in [6.45, 7) is 0. The van der Waals surface area contributed by atoms with Crippen molar-refractivity contribution in [3.63, 3.8) is 0 Å². The second-order valence-corrected chi connectivity index (χ2v) is 7.99. The van der Waals surface area contributed by atoms with Gasteiger partial charge >= 0.3 is 0 Å². The van der Waals surface area contributed by atoms with Crippen molar-refractivity contribution in [1.29, 1.82) is 0 Å². The molecule has 1 aromatic heterocycles. The molecule has 5 heteroatoms. The molecule has 1 N–H and O–H groups in total. The molecule has 1 saturated carbocycles. The number of amides is 1. The molecule has 124 valence electrons. The second-order valence-electron chi connectivity index (χ2n) is 6.85. The standard InChI is InChI=1S/C19H19NO3S/c21-18(17-10-12-4-3-5-16(12)24-17)20-13-6-7-14-15(11-13)23-19(22-14)8-1-2-9-19/h6-7,10-11H,1-5,8-9H2,(H,20,21). The summed E-state index contributed by atoms with van der Waals surface area (Å²) in [6, 6.07) is 7.70. The smallest absolute Gasteiger partial charge is 0.265 e. The minimum atomic E-state index is -0.459. The predicted octanol–water partition coefficient (Wildman–Crippen LogP) is 4.53. The highest BCUT2D eigenvalue weighted by atomic mass is 32.1. The highest BCUT2D eigenvalue weighted by Gasteiger charge is 2.44. The maximum atomic E-state index is 12.5. The Labute approximate surface area is 144 Å². The lowest BCUT2D eigenvalue weighted by molar-refractivity contribution is -0.0716. The van der Waals surface area contributed by atoms with Gasteiger partial charge in [-0.05, 0) is 55.9 Å². The van der Waals surface area contributed by atoms with Gasteiger partial charge in [-0.25, -0.2) is 0 Å². The third-order valence-corrected chi connectivity index (χ3v) is 6.37. The van der Waals surface area contributed by atoms with Crippen LogP contribution in [-0.4, -0.2) is 11.7 Å². The van der Waals surface area contributed by atoms with Crippen molar-refractivity contribution in [3.05, 3.63) is 39.6 Å². The van der Waals surface area contributed by atoms with Crippen LogP contribution in [0.2, 0.25) is 0 Å². The lowest BCUT2D eigenvalue weighted by atomic mass is 10.2. The maximum absolute atomic E-state index is 12.5. The van der Waals surface area contributed by atoms with Gasteiger partial charge in [0, 0.05) is 29.5 Å². The van der Waals surface area contributed by atoms with Crippen LogP contribution in [0.5, 0.6) is 11.5 Å². The van der Waals surface area contributed by atoms with Gasteiger partial charge < -0.3 is 14.8 Å². The molecule has 2 aliphatic carbocycles. The van der Waals surface area contributed by atoms with Crippen LogP contribution in [0.15, 0.2) is 24.3 Å². The Morgan fingerprint density at radius 3 is 2.71 bits per heavy atom. The van der Waals surface area contributed by atoms with Crippen LogP contribution >= 0.6 is 11.3 Å². The van der Waals surface area contributed by atoms with Gasteiger partial charge in [0.2, 0.25) is 0 Å². The number of aryl methyl sites for hydroxylation is 2. The average molecular weight is 341 g/mol. The summed E-state index contributed by atoms with van der Waals surface area (Å²) in [6.07, 6.45) is 7.58. The first-order valence-electron chi connectivity index (χ1n) is 8.66. The fourth-order valence-electron chi connectivity index (χ4n) is 3.92. The summed E-state index contributed by atoms with van der Waals surface area (Å²) in [5.41, 5.74) is 2.10. The number of carbonyl (C=O) groups is 1. The van der Waals surface area contributed by atoms with E-state index >= 15 is 0 Å². The number of anilines is 1. The molecular weight excluding hydrogens is 322 g/mol. The van der Waals surface area contributed by atoms with Gasteiger partial charge in [-0.2, -0.15) is 0 Å². The molecular formula is C19H19NO3S. The third-order valence-electron chi connectivity index (χ3n) is 5.13. The number of carbonyl (C=O) groups excluding carboxylic acids is 1. The van der Waals surface area contributed by atoms with Gasteiger partial charge in [-0.15, -0.1) is 11.3 Å². The molecule has 3 aliphatic rings. The van der Waals surface area contributed by atoms with E-state index in [9.17, 15) is 4.79 Å². The van der Waals surface area contributed by atoms with E-state index in [4.69, 9.17) is 9.47 Å². The van der Waals surface area contributed by atoms with E-state index in [0.717, 1.165) is 60.6 Å². The number of benzene rings is 1. The van der Waals surface area contributed by atoms with Gasteiger partial charge in [0.15, 0.2) is 11.5 Å². The van der Waals surface area contributed by atoms with Gasteiger partial charge in [-0.1, -0.05) is 0 Å². The first kappa shape index (κ1) is 14.3. The predicted molar refractivity (Wildman–Crippen MR) is 93.2 cm³/mol. The molecule has 0 bridgehead atoms. The molecule has 4 nitrogen and oxygen atoms in total. The topological polar surface area (TPSA) is 47.6 Å². The Kier molecular flexibility index (Phi) is 3.13. The zero-order valence-corrected chi connectivity index (χ0v) is 14.2. The minimum absolute atomic E-state index is 0.0381. The van der Waals surface area contributed by atoms with Crippen molar-refractivity contribution in [2.45, 2.75) is 50.7 Å². The Hall–Kier alpha value is -2.01. The monoisotopic (exact) mass is 341 g/mol. The molecule has 1 amide bonds. The highest BCUT2D eigenvalue weighted by molar-refractivity contribution is 7.14. The van der Waals surface area contributed by atoms with Crippen LogP contribution in [0.3, 0.4) is 0 Å². The van der Waals surface area contributed by atoms with E-state index in [-0.39, 0.29) is 5.91 Å². The zero-order valence-electron chi connectivity index (χ0n) is 13.4. The van der Waals surface area contributed by atoms with E-state index < -0.39 is 5.79 Å². The van der Waals surface area contributed by atoms with Crippen LogP contribution in [0, 0.1) is 0 Å². The van der Waals surface area contributed by atoms with Crippen LogP contribution < -0.4 is 14.8 Å². The van der Waals surface area contributed by atoms with Crippen molar-refractivity contribution in [2.24, 2.45) is 0 Å². The fraction of sp³-hybridized carbons (Fsp3) is 0.421. The first-order valence-corrected chi connectivity index (χ1v) is 9.47. The first-order chi connectivity index (χ1) is 11.7. The number of hydrogen-bond acceptors (Lipinski definition) is 4. The maximum Gasteiger partial charge on any atom is 0.265 e. The molecule has 0 unspecified atom stereocenters. The number of fused-ring (bicyclic) bond motifs is 2. The molecule has 2 heterocycles. The summed E-state index contributed by atoms with van der Waals surface area (Å²) in [5, 5.41) is 2.99. The Morgan fingerprint density at radius 2 is 1.88 bits per heavy atom. The summed E-state index contributed by atoms with van der Waals surface area (Å²) < 4.78 is 12.1. The zero-order chi connectivity index (χ0) is 16.1. The van der Waals surface area contributed by atoms with Gasteiger partial charge in [0.1, 0.15) is 0 Å². The molecule has 1 aromatic carbocycles. The number of thiophene rings is 1. The Balaban J connectivity index is 1.34. The highest BCUT2D eigenvalue weighted by Crippen LogP contribution is 2.47. The summed E-state index contributed by atoms with van der Waals surface area (Å²) >= 11 is 1.62. The summed E-state index contributed by atoms with van der Waals surface area (Å²) in [4.78, 5) is 14.7. The van der Waals surface area contributed by atoms with Gasteiger partial charge in [0.25, 0.3) is 11.7 Å². The van der Waals surface area contributed by atoms with Gasteiger partial charge in [0.05, 0.1) is 4.88 Å². The average Bonchev–Trinajstić information content (AvgIpc) is 3.30. The molecule has 1 aliphatic heterocycles. The van der Waals surface area contributed by atoms with E-state index in [1.807, 2.05) is 24.3 Å². The van der Waals surface area contributed by atoms with Crippen LogP contribution in [-0.2, 0) is 12.8 Å². The Bertz CT molecular complexity index is 799. The lowest BCUT2D eigenvalue weighted by Gasteiger charge is -2.21. The van der Waals surface area contributed by atoms with E-state index in [0.29, 0.717) is 0 Å². The van der Waals surface area contributed by atoms with E-state index in [2.05, 4.69) is 5.32 Å². The van der Waals surface area contributed by atoms with Crippen molar-refractivity contribution < 1.29 is 14.3 Å². The molecule has 2 aromatic rings. The quantitative estimate of drug-likeness (QED) is 0.873. The SMILES string of the molecule is O=C(Nc1ccc2c(c1)OC1(CCCC1)O2)c1cc2c(s1)CCC2. The van der Waals surface area contributed by atoms with E-state index in [1.54, 1.807) is 11.3 Å². The Morgan fingerprint density at radius 1 is 1.04 bits per heavy atom. The van der Waals surface area contributed by atoms with Crippen molar-refractivity contribution >= 4 is 22.9 Å². The number of rotatable bonds is 2. The number of nitrogens with one attached hydrogen (secondary N) is 1. The second kappa shape index (κ2) is 5.24. The summed E-state index contributed by atoms with van der Waals surface area (Å²) in [7, 11) is 0. The molecule has 0 saturated heterocycles. The number of ether oxygens (including phenoxy) is 2. The lowest BCUT2D eigenvalue weighted by Crippen LogP contribution is -2.34. The molecule has 24 heavy (non-hydrogen) atoms. The number of hydrogen-bond donors (Lipinski definition) is 1. The largest absolute Gasteiger partial charge is 0.448 e. The fourth-order valence-corrected chi connectivity index (χ4v) is 5.07. The molecule has 0 atom stereocenters. The molecule has 5 rings (SSSR count). The van der Waals surface area contributed by atoms with E-state index in [1.165, 1.54) is 16.9 Å². The minimum Gasteiger partial charge on any atom is -0.448 e. The molecule has 1 spiro atoms. The molecule has 1 fully saturated rings. The normalized spacial score (nSPS) is 19.7. The van der Waals surface area contributed by atoms with Crippen LogP contribution in [0.25, 0.3) is 0 Å². The van der Waals surface area contributed by atoms with Crippen molar-refractivity contribution in [3.8, 4) is 11.5 Å². The van der Waals surface area contributed by atoms with Crippen molar-refractivity contribution in [2.75, 3.05) is 5.32 Å². The molecule has 0 radical (unpaired) electrons. The van der Waals surface area contributed by atoms with Crippen LogP contribution in [0.4, 0.5) is 5.69 Å². The van der Waals surface area contributed by atoms with Crippen LogP contribution in [0.1, 0.15) is 52.2 Å². The van der Waals surface area contributed by atoms with Gasteiger partial charge in [-0.3, -0.25) is 4.79 Å². The third kappa shape index (κ3) is 2.30.